The summed E-state index contributed by atoms with van der Waals surface area (Å²) in [6.07, 6.45) is 1.80. The number of thiocarbonyl (C=S) groups is 1. The molecule has 1 aliphatic rings. The predicted molar refractivity (Wildman–Crippen MR) is 101 cm³/mol. The van der Waals surface area contributed by atoms with Gasteiger partial charge in [-0.3, -0.25) is 10.1 Å². The molecule has 1 amide bonds. The van der Waals surface area contributed by atoms with Crippen molar-refractivity contribution >= 4 is 35.0 Å². The fourth-order valence-corrected chi connectivity index (χ4v) is 2.82. The fraction of sp³-hybridized carbons (Fsp3) is 0.158. The van der Waals surface area contributed by atoms with Gasteiger partial charge in [-0.05, 0) is 48.5 Å². The summed E-state index contributed by atoms with van der Waals surface area (Å²) >= 11 is 4.93. The maximum absolute atomic E-state index is 11.7. The van der Waals surface area contributed by atoms with Gasteiger partial charge in [0.2, 0.25) is 0 Å². The maximum Gasteiger partial charge on any atom is 0.273 e. The first kappa shape index (κ1) is 16.2. The van der Waals surface area contributed by atoms with E-state index in [1.165, 1.54) is 5.56 Å². The quantitative estimate of drug-likeness (QED) is 0.650. The zero-order valence-corrected chi connectivity index (χ0v) is 14.3. The minimum atomic E-state index is -0.191. The summed E-state index contributed by atoms with van der Waals surface area (Å²) in [5.74, 6) is -0.191. The Hall–Kier alpha value is -2.66. The van der Waals surface area contributed by atoms with Gasteiger partial charge in [0.05, 0.1) is 0 Å². The Morgan fingerprint density at radius 3 is 2.33 bits per heavy atom. The molecule has 3 rings (SSSR count). The van der Waals surface area contributed by atoms with E-state index in [4.69, 9.17) is 12.2 Å². The second-order valence-electron chi connectivity index (χ2n) is 5.56. The zero-order chi connectivity index (χ0) is 16.9. The van der Waals surface area contributed by atoms with E-state index in [1.807, 2.05) is 18.2 Å². The molecule has 0 aliphatic carbocycles. The topological polar surface area (TPSA) is 44.4 Å². The van der Waals surface area contributed by atoms with E-state index in [2.05, 4.69) is 58.9 Å². The van der Waals surface area contributed by atoms with Gasteiger partial charge in [0, 0.05) is 18.8 Å². The number of hydrogen-bond acceptors (Lipinski definition) is 3. The lowest BCUT2D eigenvalue weighted by molar-refractivity contribution is -0.115. The first-order valence-electron chi connectivity index (χ1n) is 7.88. The largest absolute Gasteiger partial charge is 0.367 e. The van der Waals surface area contributed by atoms with Crippen molar-refractivity contribution in [3.05, 3.63) is 71.4 Å². The van der Waals surface area contributed by atoms with Crippen molar-refractivity contribution in [2.45, 2.75) is 13.5 Å². The van der Waals surface area contributed by atoms with Gasteiger partial charge in [-0.25, -0.2) is 0 Å². The van der Waals surface area contributed by atoms with Crippen molar-refractivity contribution in [2.24, 2.45) is 0 Å². The van der Waals surface area contributed by atoms with Gasteiger partial charge in [-0.2, -0.15) is 0 Å². The van der Waals surface area contributed by atoms with Gasteiger partial charge in [-0.1, -0.05) is 42.5 Å². The highest BCUT2D eigenvalue weighted by atomic mass is 32.1. The van der Waals surface area contributed by atoms with Crippen LogP contribution in [0.15, 0.2) is 60.3 Å². The molecular weight excluding hydrogens is 318 g/mol. The summed E-state index contributed by atoms with van der Waals surface area (Å²) in [6, 6.07) is 18.6. The van der Waals surface area contributed by atoms with Gasteiger partial charge in [0.25, 0.3) is 5.91 Å². The van der Waals surface area contributed by atoms with Crippen LogP contribution >= 0.6 is 12.2 Å². The molecule has 0 atom stereocenters. The van der Waals surface area contributed by atoms with Crippen LogP contribution in [0.1, 0.15) is 18.1 Å². The number of nitrogens with one attached hydrogen (secondary N) is 2. The Balaban J connectivity index is 1.74. The molecule has 1 fully saturated rings. The van der Waals surface area contributed by atoms with E-state index >= 15 is 0 Å². The van der Waals surface area contributed by atoms with Crippen molar-refractivity contribution in [1.29, 1.82) is 0 Å². The third-order valence-corrected chi connectivity index (χ3v) is 4.09. The van der Waals surface area contributed by atoms with Crippen molar-refractivity contribution in [3.8, 4) is 0 Å². The van der Waals surface area contributed by atoms with Gasteiger partial charge in [0.15, 0.2) is 5.11 Å². The van der Waals surface area contributed by atoms with Crippen molar-refractivity contribution in [2.75, 3.05) is 11.4 Å². The molecule has 0 unspecified atom stereocenters. The third kappa shape index (κ3) is 3.81. The third-order valence-electron chi connectivity index (χ3n) is 3.89. The zero-order valence-electron chi connectivity index (χ0n) is 13.5. The van der Waals surface area contributed by atoms with Crippen LogP contribution in [0.25, 0.3) is 6.08 Å². The molecule has 0 radical (unpaired) electrons. The lowest BCUT2D eigenvalue weighted by Crippen LogP contribution is -2.21. The highest BCUT2D eigenvalue weighted by Gasteiger charge is 2.19. The first-order chi connectivity index (χ1) is 11.7. The van der Waals surface area contributed by atoms with Gasteiger partial charge in [0.1, 0.15) is 5.70 Å². The Morgan fingerprint density at radius 2 is 1.75 bits per heavy atom. The molecule has 1 saturated heterocycles. The lowest BCUT2D eigenvalue weighted by Gasteiger charge is -2.23. The van der Waals surface area contributed by atoms with E-state index in [0.717, 1.165) is 24.3 Å². The summed E-state index contributed by atoms with van der Waals surface area (Å²) < 4.78 is 0. The van der Waals surface area contributed by atoms with Crippen LogP contribution in [0.4, 0.5) is 5.69 Å². The van der Waals surface area contributed by atoms with Crippen LogP contribution in [0.5, 0.6) is 0 Å². The number of benzene rings is 2. The van der Waals surface area contributed by atoms with E-state index in [1.54, 1.807) is 6.08 Å². The number of anilines is 1. The highest BCUT2D eigenvalue weighted by Crippen LogP contribution is 2.19. The standard InChI is InChI=1S/C19H19N3OS/c1-2-22(13-15-6-4-3-5-7-15)16-10-8-14(9-11-16)12-17-18(23)21-19(24)20-17/h3-12H,2,13H2,1H3,(H2,20,21,23,24)/b17-12-. The van der Waals surface area contributed by atoms with Crippen molar-refractivity contribution in [1.82, 2.24) is 10.6 Å². The molecule has 2 N–H and O–H groups in total. The van der Waals surface area contributed by atoms with E-state index in [0.29, 0.717) is 10.8 Å². The van der Waals surface area contributed by atoms with Crippen LogP contribution in [-0.2, 0) is 11.3 Å². The smallest absolute Gasteiger partial charge is 0.273 e. The first-order valence-corrected chi connectivity index (χ1v) is 8.29. The van der Waals surface area contributed by atoms with E-state index in [9.17, 15) is 4.79 Å². The second-order valence-corrected chi connectivity index (χ2v) is 5.97. The molecule has 1 aliphatic heterocycles. The van der Waals surface area contributed by atoms with Crippen LogP contribution < -0.4 is 15.5 Å². The molecule has 0 aromatic heterocycles. The summed E-state index contributed by atoms with van der Waals surface area (Å²) in [7, 11) is 0. The SMILES string of the molecule is CCN(Cc1ccccc1)c1ccc(/C=C2\NC(=S)NC2=O)cc1. The molecule has 0 spiro atoms. The number of nitrogens with zero attached hydrogens (tertiary/aromatic N) is 1. The number of amides is 1. The predicted octanol–water partition coefficient (Wildman–Crippen LogP) is 3.06. The minimum absolute atomic E-state index is 0.191. The van der Waals surface area contributed by atoms with Crippen LogP contribution in [0.2, 0.25) is 0 Å². The molecule has 2 aromatic carbocycles. The minimum Gasteiger partial charge on any atom is -0.367 e. The normalized spacial score (nSPS) is 15.3. The Kier molecular flexibility index (Phi) is 4.91. The number of rotatable bonds is 5. The number of carbonyl (C=O) groups excluding carboxylic acids is 1. The van der Waals surface area contributed by atoms with E-state index < -0.39 is 0 Å². The molecular formula is C19H19N3OS. The summed E-state index contributed by atoms with van der Waals surface area (Å²) in [4.78, 5) is 14.0. The summed E-state index contributed by atoms with van der Waals surface area (Å²) in [5.41, 5.74) is 3.87. The van der Waals surface area contributed by atoms with Gasteiger partial charge < -0.3 is 10.2 Å². The molecule has 2 aromatic rings. The molecule has 4 nitrogen and oxygen atoms in total. The van der Waals surface area contributed by atoms with Gasteiger partial charge in [-0.15, -0.1) is 0 Å². The van der Waals surface area contributed by atoms with Crippen LogP contribution in [0.3, 0.4) is 0 Å². The second kappa shape index (κ2) is 7.27. The Bertz CT molecular complexity index is 769. The summed E-state index contributed by atoms with van der Waals surface area (Å²) in [6.45, 7) is 3.94. The Labute approximate surface area is 147 Å². The highest BCUT2D eigenvalue weighted by molar-refractivity contribution is 7.80. The van der Waals surface area contributed by atoms with Gasteiger partial charge >= 0.3 is 0 Å². The Morgan fingerprint density at radius 1 is 1.04 bits per heavy atom. The van der Waals surface area contributed by atoms with E-state index in [-0.39, 0.29) is 5.91 Å². The average Bonchev–Trinajstić information content (AvgIpc) is 2.92. The molecule has 1 heterocycles. The van der Waals surface area contributed by atoms with Crippen LogP contribution in [0, 0.1) is 0 Å². The molecule has 122 valence electrons. The molecule has 0 saturated carbocycles. The fourth-order valence-electron chi connectivity index (χ4n) is 2.62. The molecule has 0 bridgehead atoms. The molecule has 24 heavy (non-hydrogen) atoms. The van der Waals surface area contributed by atoms with Crippen molar-refractivity contribution < 1.29 is 4.79 Å². The monoisotopic (exact) mass is 337 g/mol. The average molecular weight is 337 g/mol. The van der Waals surface area contributed by atoms with Crippen molar-refractivity contribution in [3.63, 3.8) is 0 Å². The van der Waals surface area contributed by atoms with Crippen LogP contribution in [-0.4, -0.2) is 17.6 Å². The molecule has 5 heteroatoms. The number of carbonyl (C=O) groups is 1. The summed E-state index contributed by atoms with van der Waals surface area (Å²) in [5, 5.41) is 5.76. The maximum atomic E-state index is 11.7. The lowest BCUT2D eigenvalue weighted by atomic mass is 10.1. The number of hydrogen-bond donors (Lipinski definition) is 2.